The number of nitrogens with one attached hydrogen (secondary N) is 1. The van der Waals surface area contributed by atoms with Gasteiger partial charge in [-0.15, -0.1) is 5.10 Å². The molecule has 0 amide bonds. The maximum absolute atomic E-state index is 13.1. The predicted octanol–water partition coefficient (Wildman–Crippen LogP) is 4.22. The van der Waals surface area contributed by atoms with Crippen LogP contribution in [-0.4, -0.2) is 31.3 Å². The molecule has 1 atom stereocenters. The van der Waals surface area contributed by atoms with Gasteiger partial charge in [0.15, 0.2) is 5.78 Å². The molecule has 1 aliphatic carbocycles. The van der Waals surface area contributed by atoms with E-state index in [1.54, 1.807) is 18.0 Å². The summed E-state index contributed by atoms with van der Waals surface area (Å²) in [5.41, 5.74) is 2.71. The zero-order chi connectivity index (χ0) is 19.0. The van der Waals surface area contributed by atoms with E-state index < -0.39 is 0 Å². The second kappa shape index (κ2) is 7.11. The Morgan fingerprint density at radius 2 is 2.22 bits per heavy atom. The molecule has 0 bridgehead atoms. The van der Waals surface area contributed by atoms with Gasteiger partial charge in [-0.3, -0.25) is 9.78 Å². The fraction of sp³-hybridized carbons (Fsp3) is 0.500. The summed E-state index contributed by atoms with van der Waals surface area (Å²) in [7, 11) is 0. The molecule has 27 heavy (non-hydrogen) atoms. The molecule has 0 saturated heterocycles. The van der Waals surface area contributed by atoms with Crippen LogP contribution in [0.1, 0.15) is 58.1 Å². The lowest BCUT2D eigenvalue weighted by Gasteiger charge is -2.38. The van der Waals surface area contributed by atoms with Crippen LogP contribution < -0.4 is 5.32 Å². The van der Waals surface area contributed by atoms with Gasteiger partial charge in [-0.25, -0.2) is 4.68 Å². The van der Waals surface area contributed by atoms with E-state index in [-0.39, 0.29) is 17.2 Å². The van der Waals surface area contributed by atoms with E-state index in [0.29, 0.717) is 12.4 Å². The number of rotatable bonds is 5. The first-order valence-electron chi connectivity index (χ1n) is 9.51. The van der Waals surface area contributed by atoms with Crippen LogP contribution in [0, 0.1) is 5.41 Å². The maximum atomic E-state index is 13.1. The third kappa shape index (κ3) is 3.52. The van der Waals surface area contributed by atoms with Gasteiger partial charge in [-0.1, -0.05) is 45.0 Å². The Morgan fingerprint density at radius 1 is 1.37 bits per heavy atom. The van der Waals surface area contributed by atoms with E-state index in [2.05, 4.69) is 31.1 Å². The minimum Gasteiger partial charge on any atom is -0.328 e. The first-order chi connectivity index (χ1) is 13.0. The molecule has 142 valence electrons. The Kier molecular flexibility index (Phi) is 4.80. The van der Waals surface area contributed by atoms with Crippen LogP contribution in [0.2, 0.25) is 0 Å². The van der Waals surface area contributed by atoms with Crippen LogP contribution >= 0.6 is 11.8 Å². The van der Waals surface area contributed by atoms with Crippen molar-refractivity contribution in [3.8, 4) is 0 Å². The van der Waals surface area contributed by atoms with Crippen LogP contribution in [0.5, 0.6) is 0 Å². The van der Waals surface area contributed by atoms with Gasteiger partial charge in [0.2, 0.25) is 11.1 Å². The van der Waals surface area contributed by atoms with Gasteiger partial charge in [0, 0.05) is 35.8 Å². The average molecular weight is 384 g/mol. The molecule has 1 aliphatic heterocycles. The fourth-order valence-corrected chi connectivity index (χ4v) is 4.72. The second-order valence-electron chi connectivity index (χ2n) is 8.01. The molecule has 2 aliphatic rings. The molecule has 1 unspecified atom stereocenters. The molecule has 2 aromatic rings. The number of Topliss-reactive ketones (excluding diaryl/α,β-unsaturated/α-hetero) is 1. The molecule has 0 aromatic carbocycles. The minimum atomic E-state index is -0.262. The Morgan fingerprint density at radius 3 is 2.96 bits per heavy atom. The molecular weight excluding hydrogens is 358 g/mol. The summed E-state index contributed by atoms with van der Waals surface area (Å²) in [5, 5.41) is 8.90. The molecule has 1 N–H and O–H groups in total. The first-order valence-corrected chi connectivity index (χ1v) is 10.5. The number of pyridine rings is 1. The maximum Gasteiger partial charge on any atom is 0.227 e. The number of ketones is 1. The summed E-state index contributed by atoms with van der Waals surface area (Å²) in [5.74, 6) is 1.90. The van der Waals surface area contributed by atoms with Crippen LogP contribution in [0.4, 0.5) is 5.95 Å². The zero-order valence-electron chi connectivity index (χ0n) is 16.0. The summed E-state index contributed by atoms with van der Waals surface area (Å²) in [6, 6.07) is 3.65. The highest BCUT2D eigenvalue weighted by atomic mass is 32.2. The number of nitrogens with zero attached hydrogens (tertiary/aromatic N) is 4. The van der Waals surface area contributed by atoms with Crippen molar-refractivity contribution in [2.45, 2.75) is 57.7 Å². The average Bonchev–Trinajstić information content (AvgIpc) is 3.02. The number of aromatic nitrogens is 4. The van der Waals surface area contributed by atoms with Crippen molar-refractivity contribution in [1.82, 2.24) is 19.7 Å². The SMILES string of the molecule is CCCCSc1nc2n(n1)C(c1cccnc1)C1=C(CC(C)(C)CC1=O)N2. The van der Waals surface area contributed by atoms with Crippen molar-refractivity contribution in [2.24, 2.45) is 5.41 Å². The van der Waals surface area contributed by atoms with Crippen LogP contribution in [0.25, 0.3) is 0 Å². The third-order valence-corrected chi connectivity index (χ3v) is 5.97. The highest BCUT2D eigenvalue weighted by molar-refractivity contribution is 7.99. The molecule has 7 heteroatoms. The van der Waals surface area contributed by atoms with E-state index in [0.717, 1.165) is 47.0 Å². The Labute approximate surface area is 163 Å². The Bertz CT molecular complexity index is 887. The van der Waals surface area contributed by atoms with Crippen molar-refractivity contribution < 1.29 is 4.79 Å². The monoisotopic (exact) mass is 383 g/mol. The van der Waals surface area contributed by atoms with Gasteiger partial charge in [-0.05, 0) is 29.9 Å². The molecule has 0 fully saturated rings. The van der Waals surface area contributed by atoms with Gasteiger partial charge in [0.1, 0.15) is 6.04 Å². The number of carbonyl (C=O) groups is 1. The Hall–Kier alpha value is -2.15. The normalized spacial score (nSPS) is 20.9. The summed E-state index contributed by atoms with van der Waals surface area (Å²) < 4.78 is 1.86. The van der Waals surface area contributed by atoms with E-state index >= 15 is 0 Å². The molecule has 2 aromatic heterocycles. The molecule has 0 radical (unpaired) electrons. The smallest absolute Gasteiger partial charge is 0.227 e. The van der Waals surface area contributed by atoms with Crippen LogP contribution in [-0.2, 0) is 4.79 Å². The van der Waals surface area contributed by atoms with E-state index in [1.807, 2.05) is 23.0 Å². The second-order valence-corrected chi connectivity index (χ2v) is 9.07. The van der Waals surface area contributed by atoms with Crippen molar-refractivity contribution >= 4 is 23.5 Å². The summed E-state index contributed by atoms with van der Waals surface area (Å²) >= 11 is 1.67. The molecule has 3 heterocycles. The summed E-state index contributed by atoms with van der Waals surface area (Å²) in [6.07, 6.45) is 7.23. The number of hydrogen-bond acceptors (Lipinski definition) is 6. The highest BCUT2D eigenvalue weighted by Gasteiger charge is 2.41. The van der Waals surface area contributed by atoms with Crippen molar-refractivity contribution in [3.63, 3.8) is 0 Å². The zero-order valence-corrected chi connectivity index (χ0v) is 16.8. The van der Waals surface area contributed by atoms with Crippen molar-refractivity contribution in [3.05, 3.63) is 41.4 Å². The standard InChI is InChI=1S/C20H25N5OS/c1-4-5-9-27-19-23-18-22-14-10-20(2,3)11-15(26)16(14)17(25(18)24-19)13-7-6-8-21-12-13/h6-8,12,17H,4-5,9-11H2,1-3H3,(H,22,23,24). The number of unbranched alkanes of at least 4 members (excludes halogenated alkanes) is 1. The van der Waals surface area contributed by atoms with Crippen LogP contribution in [0.15, 0.2) is 41.0 Å². The molecule has 6 nitrogen and oxygen atoms in total. The van der Waals surface area contributed by atoms with E-state index in [9.17, 15) is 4.79 Å². The summed E-state index contributed by atoms with van der Waals surface area (Å²) in [6.45, 7) is 6.46. The minimum absolute atomic E-state index is 0.0523. The first kappa shape index (κ1) is 18.2. The largest absolute Gasteiger partial charge is 0.328 e. The number of thioether (sulfide) groups is 1. The highest BCUT2D eigenvalue weighted by Crippen LogP contribution is 2.45. The van der Waals surface area contributed by atoms with Gasteiger partial charge in [-0.2, -0.15) is 4.98 Å². The number of allylic oxidation sites excluding steroid dienone is 2. The topological polar surface area (TPSA) is 72.7 Å². The van der Waals surface area contributed by atoms with Crippen LogP contribution in [0.3, 0.4) is 0 Å². The lowest BCUT2D eigenvalue weighted by atomic mass is 9.73. The van der Waals surface area contributed by atoms with Gasteiger partial charge >= 0.3 is 0 Å². The third-order valence-electron chi connectivity index (χ3n) is 5.04. The number of carbonyl (C=O) groups excluding carboxylic acids is 1. The molecule has 0 saturated carbocycles. The predicted molar refractivity (Wildman–Crippen MR) is 107 cm³/mol. The van der Waals surface area contributed by atoms with Gasteiger partial charge < -0.3 is 5.32 Å². The lowest BCUT2D eigenvalue weighted by Crippen LogP contribution is -2.36. The fourth-order valence-electron chi connectivity index (χ4n) is 3.80. The lowest BCUT2D eigenvalue weighted by molar-refractivity contribution is -0.118. The number of hydrogen-bond donors (Lipinski definition) is 1. The summed E-state index contributed by atoms with van der Waals surface area (Å²) in [4.78, 5) is 22.0. The quantitative estimate of drug-likeness (QED) is 0.615. The van der Waals surface area contributed by atoms with E-state index in [4.69, 9.17) is 10.1 Å². The van der Waals surface area contributed by atoms with Crippen molar-refractivity contribution in [1.29, 1.82) is 0 Å². The number of anilines is 1. The van der Waals surface area contributed by atoms with Crippen molar-refractivity contribution in [2.75, 3.05) is 11.1 Å². The molecular formula is C20H25N5OS. The molecule has 4 rings (SSSR count). The van der Waals surface area contributed by atoms with Gasteiger partial charge in [0.05, 0.1) is 0 Å². The molecule has 0 spiro atoms. The van der Waals surface area contributed by atoms with Gasteiger partial charge in [0.25, 0.3) is 0 Å². The Balaban J connectivity index is 1.77. The van der Waals surface area contributed by atoms with E-state index in [1.165, 1.54) is 0 Å². The number of fused-ring (bicyclic) bond motifs is 1.